The topological polar surface area (TPSA) is 21.3 Å². The van der Waals surface area contributed by atoms with E-state index in [0.29, 0.717) is 0 Å². The van der Waals surface area contributed by atoms with Gasteiger partial charge in [-0.3, -0.25) is 0 Å². The summed E-state index contributed by atoms with van der Waals surface area (Å²) in [6, 6.07) is 0. The van der Waals surface area contributed by atoms with Gasteiger partial charge in [-0.2, -0.15) is 11.8 Å². The summed E-state index contributed by atoms with van der Waals surface area (Å²) < 4.78 is 5.11. The first-order valence-electron chi connectivity index (χ1n) is 5.19. The van der Waals surface area contributed by atoms with E-state index in [1.54, 1.807) is 0 Å². The van der Waals surface area contributed by atoms with Gasteiger partial charge in [0.2, 0.25) is 0 Å². The van der Waals surface area contributed by atoms with Gasteiger partial charge in [0.1, 0.15) is 0 Å². The lowest BCUT2D eigenvalue weighted by Crippen LogP contribution is -2.30. The molecule has 0 saturated carbocycles. The quantitative estimate of drug-likeness (QED) is 0.637. The maximum absolute atomic E-state index is 5.11. The summed E-state index contributed by atoms with van der Waals surface area (Å²) in [4.78, 5) is 0. The molecule has 0 aromatic heterocycles. The Morgan fingerprint density at radius 1 is 1.46 bits per heavy atom. The lowest BCUT2D eigenvalue weighted by Gasteiger charge is -2.25. The van der Waals surface area contributed by atoms with Gasteiger partial charge in [-0.15, -0.1) is 0 Å². The van der Waals surface area contributed by atoms with E-state index in [0.717, 1.165) is 30.9 Å². The van der Waals surface area contributed by atoms with Gasteiger partial charge in [-0.05, 0) is 31.2 Å². The normalized spacial score (nSPS) is 17.8. The van der Waals surface area contributed by atoms with Crippen LogP contribution >= 0.6 is 11.8 Å². The van der Waals surface area contributed by atoms with E-state index in [1.165, 1.54) is 18.7 Å². The zero-order chi connectivity index (χ0) is 9.52. The van der Waals surface area contributed by atoms with Crippen molar-refractivity contribution in [3.05, 3.63) is 0 Å². The molecule has 0 amide bonds. The Kier molecular flexibility index (Phi) is 5.83. The van der Waals surface area contributed by atoms with Crippen LogP contribution in [0.25, 0.3) is 0 Å². The monoisotopic (exact) mass is 203 g/mol. The van der Waals surface area contributed by atoms with Gasteiger partial charge < -0.3 is 10.1 Å². The maximum atomic E-state index is 5.11. The number of hydrogen-bond donors (Lipinski definition) is 1. The third-order valence-corrected chi connectivity index (χ3v) is 3.28. The molecule has 1 aliphatic heterocycles. The van der Waals surface area contributed by atoms with Crippen molar-refractivity contribution in [1.29, 1.82) is 0 Å². The first kappa shape index (κ1) is 11.3. The van der Waals surface area contributed by atoms with Crippen LogP contribution in [0.4, 0.5) is 0 Å². The summed E-state index contributed by atoms with van der Waals surface area (Å²) >= 11 is 2.06. The Morgan fingerprint density at radius 2 is 2.23 bits per heavy atom. The van der Waals surface area contributed by atoms with E-state index >= 15 is 0 Å². The average molecular weight is 203 g/mol. The van der Waals surface area contributed by atoms with E-state index < -0.39 is 0 Å². The highest BCUT2D eigenvalue weighted by Gasteiger charge is 2.17. The van der Waals surface area contributed by atoms with Crippen molar-refractivity contribution in [3.63, 3.8) is 0 Å². The third-order valence-electron chi connectivity index (χ3n) is 2.01. The minimum absolute atomic E-state index is 0.771. The molecule has 0 bridgehead atoms. The van der Waals surface area contributed by atoms with Gasteiger partial charge in [0, 0.05) is 0 Å². The van der Waals surface area contributed by atoms with Crippen LogP contribution in [-0.2, 0) is 4.74 Å². The molecule has 0 aromatic rings. The minimum Gasteiger partial charge on any atom is -0.379 e. The van der Waals surface area contributed by atoms with Gasteiger partial charge in [0.05, 0.1) is 18.5 Å². The molecule has 0 unspecified atom stereocenters. The molecular weight excluding hydrogens is 182 g/mol. The molecule has 1 heterocycles. The van der Waals surface area contributed by atoms with E-state index in [4.69, 9.17) is 4.74 Å². The summed E-state index contributed by atoms with van der Waals surface area (Å²) in [6.07, 6.45) is 1.29. The summed E-state index contributed by atoms with van der Waals surface area (Å²) in [5.41, 5.74) is 0. The van der Waals surface area contributed by atoms with Crippen LogP contribution in [0, 0.1) is 5.92 Å². The highest BCUT2D eigenvalue weighted by atomic mass is 32.2. The second kappa shape index (κ2) is 6.68. The molecule has 0 aliphatic carbocycles. The second-order valence-electron chi connectivity index (χ2n) is 3.98. The predicted octanol–water partition coefficient (Wildman–Crippen LogP) is 1.75. The standard InChI is InChI=1S/C10H21NOS/c1-9(2)6-11-4-3-5-13-10-7-12-8-10/h9-11H,3-8H2,1-2H3. The zero-order valence-corrected chi connectivity index (χ0v) is 9.53. The SMILES string of the molecule is CC(C)CNCCCSC1COC1. The summed E-state index contributed by atoms with van der Waals surface area (Å²) in [6.45, 7) is 8.76. The van der Waals surface area contributed by atoms with Crippen LogP contribution in [0.2, 0.25) is 0 Å². The van der Waals surface area contributed by atoms with Crippen LogP contribution in [-0.4, -0.2) is 37.3 Å². The van der Waals surface area contributed by atoms with Crippen LogP contribution in [0.3, 0.4) is 0 Å². The van der Waals surface area contributed by atoms with Gasteiger partial charge in [0.25, 0.3) is 0 Å². The van der Waals surface area contributed by atoms with E-state index in [-0.39, 0.29) is 0 Å². The highest BCUT2D eigenvalue weighted by Crippen LogP contribution is 2.19. The summed E-state index contributed by atoms with van der Waals surface area (Å²) in [5.74, 6) is 2.05. The summed E-state index contributed by atoms with van der Waals surface area (Å²) in [5, 5.41) is 4.25. The molecule has 1 fully saturated rings. The third kappa shape index (κ3) is 5.55. The minimum atomic E-state index is 0.771. The lowest BCUT2D eigenvalue weighted by atomic mass is 10.2. The van der Waals surface area contributed by atoms with Crippen molar-refractivity contribution in [2.45, 2.75) is 25.5 Å². The van der Waals surface area contributed by atoms with E-state index in [1.807, 2.05) is 0 Å². The molecule has 0 radical (unpaired) electrons. The fraction of sp³-hybridized carbons (Fsp3) is 1.00. The molecule has 0 spiro atoms. The number of hydrogen-bond acceptors (Lipinski definition) is 3. The van der Waals surface area contributed by atoms with Gasteiger partial charge in [-0.25, -0.2) is 0 Å². The van der Waals surface area contributed by atoms with Crippen LogP contribution < -0.4 is 5.32 Å². The Balaban J connectivity index is 1.73. The van der Waals surface area contributed by atoms with Crippen LogP contribution in [0.1, 0.15) is 20.3 Å². The highest BCUT2D eigenvalue weighted by molar-refractivity contribution is 8.00. The molecule has 78 valence electrons. The molecular formula is C10H21NOS. The molecule has 0 atom stereocenters. The largest absolute Gasteiger partial charge is 0.379 e. The number of nitrogens with one attached hydrogen (secondary N) is 1. The van der Waals surface area contributed by atoms with Crippen molar-refractivity contribution < 1.29 is 4.74 Å². The molecule has 1 aliphatic rings. The van der Waals surface area contributed by atoms with Crippen molar-refractivity contribution in [2.24, 2.45) is 5.92 Å². The number of thioether (sulfide) groups is 1. The first-order chi connectivity index (χ1) is 6.29. The average Bonchev–Trinajstić information content (AvgIpc) is 1.99. The first-order valence-corrected chi connectivity index (χ1v) is 6.24. The number of ether oxygens (including phenoxy) is 1. The predicted molar refractivity (Wildman–Crippen MR) is 59.4 cm³/mol. The van der Waals surface area contributed by atoms with Gasteiger partial charge in [-0.1, -0.05) is 13.8 Å². The van der Waals surface area contributed by atoms with Crippen molar-refractivity contribution in [1.82, 2.24) is 5.32 Å². The Morgan fingerprint density at radius 3 is 2.77 bits per heavy atom. The van der Waals surface area contributed by atoms with Crippen LogP contribution in [0.5, 0.6) is 0 Å². The maximum Gasteiger partial charge on any atom is 0.0607 e. The fourth-order valence-corrected chi connectivity index (χ4v) is 2.18. The molecule has 1 saturated heterocycles. The number of rotatable bonds is 7. The second-order valence-corrected chi connectivity index (χ2v) is 5.39. The summed E-state index contributed by atoms with van der Waals surface area (Å²) in [7, 11) is 0. The van der Waals surface area contributed by atoms with Crippen molar-refractivity contribution >= 4 is 11.8 Å². The fourth-order valence-electron chi connectivity index (χ4n) is 1.15. The Bertz CT molecular complexity index is 126. The van der Waals surface area contributed by atoms with Crippen molar-refractivity contribution in [2.75, 3.05) is 32.1 Å². The molecule has 13 heavy (non-hydrogen) atoms. The Labute approximate surface area is 85.8 Å². The van der Waals surface area contributed by atoms with Crippen LogP contribution in [0.15, 0.2) is 0 Å². The molecule has 3 heteroatoms. The van der Waals surface area contributed by atoms with Gasteiger partial charge in [0.15, 0.2) is 0 Å². The molecule has 1 rings (SSSR count). The van der Waals surface area contributed by atoms with Gasteiger partial charge >= 0.3 is 0 Å². The molecule has 0 aromatic carbocycles. The Hall–Kier alpha value is 0.270. The smallest absolute Gasteiger partial charge is 0.0607 e. The molecule has 2 nitrogen and oxygen atoms in total. The zero-order valence-electron chi connectivity index (χ0n) is 8.71. The van der Waals surface area contributed by atoms with Crippen molar-refractivity contribution in [3.8, 4) is 0 Å². The van der Waals surface area contributed by atoms with E-state index in [2.05, 4.69) is 30.9 Å². The lowest BCUT2D eigenvalue weighted by molar-refractivity contribution is 0.0455. The molecule has 1 N–H and O–H groups in total. The van der Waals surface area contributed by atoms with E-state index in [9.17, 15) is 0 Å².